The number of carboxylic acid groups (broad SMARTS) is 1. The van der Waals surface area contributed by atoms with E-state index in [9.17, 15) is 24.3 Å². The number of carbonyl (C=O) groups is 4. The van der Waals surface area contributed by atoms with E-state index < -0.39 is 42.1 Å². The number of benzene rings is 1. The van der Waals surface area contributed by atoms with Crippen molar-refractivity contribution < 1.29 is 33.5 Å². The number of ketones is 1. The Balaban J connectivity index is 1.44. The summed E-state index contributed by atoms with van der Waals surface area (Å²) >= 11 is 1.29. The van der Waals surface area contributed by atoms with Crippen LogP contribution in [0.4, 0.5) is 0 Å². The summed E-state index contributed by atoms with van der Waals surface area (Å²) in [4.78, 5) is 59.9. The molecule has 3 N–H and O–H groups in total. The van der Waals surface area contributed by atoms with E-state index in [-0.39, 0.29) is 18.1 Å². The van der Waals surface area contributed by atoms with Gasteiger partial charge in [-0.3, -0.25) is 24.2 Å². The first-order valence-corrected chi connectivity index (χ1v) is 15.2. The Morgan fingerprint density at radius 2 is 1.93 bits per heavy atom. The highest BCUT2D eigenvalue weighted by molar-refractivity contribution is 7.99. The zero-order valence-electron chi connectivity index (χ0n) is 24.1. The van der Waals surface area contributed by atoms with Gasteiger partial charge in [-0.2, -0.15) is 4.98 Å². The minimum absolute atomic E-state index is 0.00492. The number of carbonyl (C=O) groups excluding carboxylic acids is 3. The van der Waals surface area contributed by atoms with Gasteiger partial charge >= 0.3 is 5.97 Å². The van der Waals surface area contributed by atoms with Gasteiger partial charge < -0.3 is 25.0 Å². The molecule has 228 valence electrons. The summed E-state index contributed by atoms with van der Waals surface area (Å²) in [7, 11) is 1.50. The van der Waals surface area contributed by atoms with Crippen LogP contribution in [0.1, 0.15) is 49.2 Å². The van der Waals surface area contributed by atoms with Crippen LogP contribution in [-0.4, -0.2) is 68.7 Å². The van der Waals surface area contributed by atoms with Gasteiger partial charge in [-0.1, -0.05) is 24.1 Å². The molecular formula is C30H35N5O7S. The van der Waals surface area contributed by atoms with Crippen molar-refractivity contribution in [3.63, 3.8) is 0 Å². The number of nitrogens with zero attached hydrogens (tertiary/aromatic N) is 3. The monoisotopic (exact) mass is 609 g/mol. The molecule has 0 aliphatic heterocycles. The minimum Gasteiger partial charge on any atom is -0.496 e. The van der Waals surface area contributed by atoms with E-state index in [2.05, 4.69) is 25.8 Å². The number of ether oxygens (including phenoxy) is 1. The number of carboxylic acids is 1. The Labute approximate surface area is 253 Å². The second kappa shape index (κ2) is 15.3. The van der Waals surface area contributed by atoms with Crippen molar-refractivity contribution in [2.24, 2.45) is 5.92 Å². The van der Waals surface area contributed by atoms with Crippen LogP contribution >= 0.6 is 11.8 Å². The molecule has 12 nitrogen and oxygen atoms in total. The molecule has 2 heterocycles. The first-order valence-electron chi connectivity index (χ1n) is 14.0. The summed E-state index contributed by atoms with van der Waals surface area (Å²) in [6.45, 7) is 1.70. The molecule has 0 saturated heterocycles. The van der Waals surface area contributed by atoms with Crippen LogP contribution in [-0.2, 0) is 31.4 Å². The topological polar surface area (TPSA) is 174 Å². The van der Waals surface area contributed by atoms with Gasteiger partial charge in [-0.25, -0.2) is 0 Å². The molecule has 1 fully saturated rings. The Morgan fingerprint density at radius 3 is 2.58 bits per heavy atom. The Kier molecular flexibility index (Phi) is 11.3. The van der Waals surface area contributed by atoms with E-state index in [1.807, 2.05) is 12.1 Å². The number of aliphatic carboxylic acids is 1. The van der Waals surface area contributed by atoms with Crippen LogP contribution in [0.15, 0.2) is 47.1 Å². The van der Waals surface area contributed by atoms with Crippen molar-refractivity contribution in [2.45, 2.75) is 63.3 Å². The molecule has 0 bridgehead atoms. The van der Waals surface area contributed by atoms with Crippen LogP contribution in [0.25, 0.3) is 11.5 Å². The maximum atomic E-state index is 13.5. The fourth-order valence-electron chi connectivity index (χ4n) is 5.07. The van der Waals surface area contributed by atoms with Crippen LogP contribution in [0, 0.1) is 12.8 Å². The lowest BCUT2D eigenvalue weighted by molar-refractivity contribution is -0.140. The average Bonchev–Trinajstić information content (AvgIpc) is 3.68. The summed E-state index contributed by atoms with van der Waals surface area (Å²) in [5, 5.41) is 18.7. The molecule has 2 amide bonds. The molecule has 0 unspecified atom stereocenters. The maximum Gasteiger partial charge on any atom is 0.305 e. The van der Waals surface area contributed by atoms with Crippen molar-refractivity contribution in [3.05, 3.63) is 59.7 Å². The summed E-state index contributed by atoms with van der Waals surface area (Å²) in [5.41, 5.74) is 1.96. The zero-order valence-corrected chi connectivity index (χ0v) is 24.9. The molecule has 3 aromatic rings. The molecule has 0 radical (unpaired) electrons. The van der Waals surface area contributed by atoms with E-state index in [0.717, 1.165) is 31.4 Å². The van der Waals surface area contributed by atoms with Gasteiger partial charge in [0.15, 0.2) is 11.6 Å². The summed E-state index contributed by atoms with van der Waals surface area (Å²) in [6.07, 6.45) is 4.28. The third-order valence-electron chi connectivity index (χ3n) is 7.18. The second-order valence-electron chi connectivity index (χ2n) is 10.4. The number of Topliss-reactive ketones (excluding diaryl/α,β-unsaturated/α-hetero) is 1. The van der Waals surface area contributed by atoms with E-state index in [1.54, 1.807) is 37.4 Å². The second-order valence-corrected chi connectivity index (χ2v) is 11.4. The molecule has 43 heavy (non-hydrogen) atoms. The van der Waals surface area contributed by atoms with Crippen LogP contribution in [0.5, 0.6) is 5.75 Å². The number of aromatic nitrogens is 3. The maximum absolute atomic E-state index is 13.5. The van der Waals surface area contributed by atoms with Gasteiger partial charge in [0, 0.05) is 23.1 Å². The third kappa shape index (κ3) is 9.11. The van der Waals surface area contributed by atoms with Gasteiger partial charge in [0.1, 0.15) is 11.8 Å². The molecule has 1 aromatic carbocycles. The summed E-state index contributed by atoms with van der Waals surface area (Å²) in [6, 6.07) is 8.49. The van der Waals surface area contributed by atoms with E-state index in [1.165, 1.54) is 18.9 Å². The smallest absolute Gasteiger partial charge is 0.305 e. The number of hydrogen-bond donors (Lipinski definition) is 3. The number of hydrogen-bond acceptors (Lipinski definition) is 10. The molecular weight excluding hydrogens is 574 g/mol. The number of thioether (sulfide) groups is 1. The van der Waals surface area contributed by atoms with Crippen molar-refractivity contribution in [1.82, 2.24) is 25.8 Å². The van der Waals surface area contributed by atoms with Gasteiger partial charge in [0.2, 0.25) is 11.8 Å². The van der Waals surface area contributed by atoms with Gasteiger partial charge in [-0.05, 0) is 56.0 Å². The SMILES string of the molecule is COc1ccc(-c2nc(C)no2)cc1CC(=O)N[C@H](C(=O)N[C@@H](CC(=O)O)C(=O)CSCc1ccccn1)C1CCCC1. The van der Waals surface area contributed by atoms with E-state index in [4.69, 9.17) is 9.26 Å². The lowest BCUT2D eigenvalue weighted by atomic mass is 9.96. The van der Waals surface area contributed by atoms with Crippen molar-refractivity contribution >= 4 is 35.3 Å². The number of rotatable bonds is 15. The molecule has 1 aliphatic rings. The standard InChI is InChI=1S/C30H35N5O7S/c1-18-32-30(42-35-18)20-10-11-25(41-2)21(13-20)14-26(37)34-28(19-7-3-4-8-19)29(40)33-23(15-27(38)39)24(36)17-43-16-22-9-5-6-12-31-22/h5-6,9-13,19,23,28H,3-4,7-8,14-17H2,1-2H3,(H,33,40)(H,34,37)(H,38,39)/t23-,28-/m0/s1. The predicted octanol–water partition coefficient (Wildman–Crippen LogP) is 3.13. The number of pyridine rings is 1. The molecule has 13 heteroatoms. The summed E-state index contributed by atoms with van der Waals surface area (Å²) < 4.78 is 10.7. The van der Waals surface area contributed by atoms with Gasteiger partial charge in [-0.15, -0.1) is 11.8 Å². The van der Waals surface area contributed by atoms with Crippen LogP contribution in [0.3, 0.4) is 0 Å². The fraction of sp³-hybridized carbons (Fsp3) is 0.433. The number of amides is 2. The molecule has 1 aliphatic carbocycles. The normalized spacial score (nSPS) is 14.6. The molecule has 1 saturated carbocycles. The highest BCUT2D eigenvalue weighted by Crippen LogP contribution is 2.29. The number of aryl methyl sites for hydroxylation is 1. The third-order valence-corrected chi connectivity index (χ3v) is 8.17. The quantitative estimate of drug-likeness (QED) is 0.231. The molecule has 4 rings (SSSR count). The van der Waals surface area contributed by atoms with Crippen molar-refractivity contribution in [2.75, 3.05) is 12.9 Å². The van der Waals surface area contributed by atoms with Crippen molar-refractivity contribution in [1.29, 1.82) is 0 Å². The van der Waals surface area contributed by atoms with Gasteiger partial charge in [0.05, 0.1) is 37.4 Å². The first kappa shape index (κ1) is 31.7. The Bertz CT molecular complexity index is 1430. The predicted molar refractivity (Wildman–Crippen MR) is 158 cm³/mol. The first-order chi connectivity index (χ1) is 20.7. The molecule has 2 aromatic heterocycles. The number of methoxy groups -OCH3 is 1. The molecule has 2 atom stereocenters. The Hall–Kier alpha value is -4.26. The largest absolute Gasteiger partial charge is 0.496 e. The van der Waals surface area contributed by atoms with Crippen molar-refractivity contribution in [3.8, 4) is 17.2 Å². The van der Waals surface area contributed by atoms with Crippen LogP contribution in [0.2, 0.25) is 0 Å². The lowest BCUT2D eigenvalue weighted by Gasteiger charge is -2.26. The molecule has 0 spiro atoms. The highest BCUT2D eigenvalue weighted by atomic mass is 32.2. The number of nitrogens with one attached hydrogen (secondary N) is 2. The highest BCUT2D eigenvalue weighted by Gasteiger charge is 2.35. The minimum atomic E-state index is -1.23. The lowest BCUT2D eigenvalue weighted by Crippen LogP contribution is -2.55. The Morgan fingerprint density at radius 1 is 1.14 bits per heavy atom. The van der Waals surface area contributed by atoms with E-state index >= 15 is 0 Å². The van der Waals surface area contributed by atoms with Gasteiger partial charge in [0.25, 0.3) is 5.89 Å². The van der Waals surface area contributed by atoms with Crippen LogP contribution < -0.4 is 15.4 Å². The summed E-state index contributed by atoms with van der Waals surface area (Å²) in [5.74, 6) is -1.02. The average molecular weight is 610 g/mol. The van der Waals surface area contributed by atoms with E-state index in [0.29, 0.717) is 34.3 Å². The zero-order chi connectivity index (χ0) is 30.8. The fourth-order valence-corrected chi connectivity index (χ4v) is 5.96.